The lowest BCUT2D eigenvalue weighted by Gasteiger charge is -2.02. The Balaban J connectivity index is 2.23. The van der Waals surface area contributed by atoms with Crippen LogP contribution in [0.5, 0.6) is 0 Å². The largest absolute Gasteiger partial charge is 0.236 e. The summed E-state index contributed by atoms with van der Waals surface area (Å²) in [6.07, 6.45) is 0. The van der Waals surface area contributed by atoms with Crippen molar-refractivity contribution >= 4 is 34.2 Å². The van der Waals surface area contributed by atoms with E-state index in [4.69, 9.17) is 0 Å². The number of aromatic nitrogens is 1. The van der Waals surface area contributed by atoms with E-state index in [0.29, 0.717) is 0 Å². The SMILES string of the molecule is Cc1ccc(S)c(-c2nc3ccccc3s2)c1. The topological polar surface area (TPSA) is 12.9 Å². The predicted molar refractivity (Wildman–Crippen MR) is 77.0 cm³/mol. The minimum Gasteiger partial charge on any atom is -0.236 e. The molecular weight excluding hydrogens is 246 g/mol. The van der Waals surface area contributed by atoms with Gasteiger partial charge < -0.3 is 0 Å². The third-order valence-electron chi connectivity index (χ3n) is 2.68. The van der Waals surface area contributed by atoms with E-state index < -0.39 is 0 Å². The first-order valence-corrected chi connectivity index (χ1v) is 6.66. The van der Waals surface area contributed by atoms with Gasteiger partial charge in [-0.25, -0.2) is 4.98 Å². The van der Waals surface area contributed by atoms with Crippen molar-refractivity contribution in [2.75, 3.05) is 0 Å². The monoisotopic (exact) mass is 257 g/mol. The summed E-state index contributed by atoms with van der Waals surface area (Å²) in [6, 6.07) is 14.4. The Hall–Kier alpha value is -1.32. The van der Waals surface area contributed by atoms with Crippen LogP contribution in [0.15, 0.2) is 47.4 Å². The molecule has 3 aromatic rings. The zero-order valence-corrected chi connectivity index (χ0v) is 11.1. The summed E-state index contributed by atoms with van der Waals surface area (Å²) in [5, 5.41) is 1.04. The van der Waals surface area contributed by atoms with Crippen LogP contribution in [0.2, 0.25) is 0 Å². The van der Waals surface area contributed by atoms with Gasteiger partial charge in [-0.1, -0.05) is 23.8 Å². The number of nitrogens with zero attached hydrogens (tertiary/aromatic N) is 1. The van der Waals surface area contributed by atoms with Crippen molar-refractivity contribution < 1.29 is 0 Å². The Morgan fingerprint density at radius 1 is 1.12 bits per heavy atom. The molecule has 17 heavy (non-hydrogen) atoms. The van der Waals surface area contributed by atoms with E-state index >= 15 is 0 Å². The van der Waals surface area contributed by atoms with Gasteiger partial charge in [0.25, 0.3) is 0 Å². The Bertz CT molecular complexity index is 653. The molecule has 0 aliphatic heterocycles. The van der Waals surface area contributed by atoms with E-state index in [9.17, 15) is 0 Å². The van der Waals surface area contributed by atoms with Crippen molar-refractivity contribution in [2.45, 2.75) is 11.8 Å². The summed E-state index contributed by atoms with van der Waals surface area (Å²) < 4.78 is 1.22. The van der Waals surface area contributed by atoms with Crippen molar-refractivity contribution in [3.63, 3.8) is 0 Å². The molecule has 3 heteroatoms. The smallest absolute Gasteiger partial charge is 0.125 e. The van der Waals surface area contributed by atoms with Crippen LogP contribution in [0.25, 0.3) is 20.8 Å². The first-order chi connectivity index (χ1) is 8.24. The molecule has 0 amide bonds. The van der Waals surface area contributed by atoms with E-state index in [1.54, 1.807) is 11.3 Å². The molecule has 0 saturated heterocycles. The number of thiol groups is 1. The highest BCUT2D eigenvalue weighted by atomic mass is 32.1. The highest BCUT2D eigenvalue weighted by Gasteiger charge is 2.08. The Morgan fingerprint density at radius 2 is 1.94 bits per heavy atom. The van der Waals surface area contributed by atoms with E-state index in [1.165, 1.54) is 10.3 Å². The fraction of sp³-hybridized carbons (Fsp3) is 0.0714. The Labute approximate surface area is 110 Å². The molecule has 0 saturated carbocycles. The maximum Gasteiger partial charge on any atom is 0.125 e. The molecule has 1 heterocycles. The van der Waals surface area contributed by atoms with Crippen molar-refractivity contribution in [3.8, 4) is 10.6 Å². The van der Waals surface area contributed by atoms with E-state index in [1.807, 2.05) is 24.3 Å². The van der Waals surface area contributed by atoms with Gasteiger partial charge in [-0.2, -0.15) is 0 Å². The van der Waals surface area contributed by atoms with Gasteiger partial charge in [-0.05, 0) is 31.2 Å². The van der Waals surface area contributed by atoms with Crippen LogP contribution < -0.4 is 0 Å². The molecule has 1 aromatic heterocycles. The molecular formula is C14H11NS2. The Kier molecular flexibility index (Phi) is 2.65. The number of para-hydroxylation sites is 1. The second kappa shape index (κ2) is 4.17. The highest BCUT2D eigenvalue weighted by molar-refractivity contribution is 7.80. The predicted octanol–water partition coefficient (Wildman–Crippen LogP) is 4.56. The van der Waals surface area contributed by atoms with Crippen LogP contribution in [0.4, 0.5) is 0 Å². The molecule has 0 aliphatic rings. The van der Waals surface area contributed by atoms with Gasteiger partial charge in [-0.3, -0.25) is 0 Å². The molecule has 0 N–H and O–H groups in total. The van der Waals surface area contributed by atoms with Crippen LogP contribution in [-0.4, -0.2) is 4.98 Å². The van der Waals surface area contributed by atoms with Crippen LogP contribution >= 0.6 is 24.0 Å². The number of hydrogen-bond acceptors (Lipinski definition) is 3. The summed E-state index contributed by atoms with van der Waals surface area (Å²) in [4.78, 5) is 5.64. The molecule has 0 fully saturated rings. The number of aryl methyl sites for hydroxylation is 1. The standard InChI is InChI=1S/C14H11NS2/c1-9-6-7-12(16)10(8-9)14-15-11-4-2-3-5-13(11)17-14/h2-8,16H,1H3. The zero-order valence-electron chi connectivity index (χ0n) is 9.34. The minimum absolute atomic E-state index is 0.981. The molecule has 2 aromatic carbocycles. The lowest BCUT2D eigenvalue weighted by Crippen LogP contribution is -1.80. The lowest BCUT2D eigenvalue weighted by molar-refractivity contribution is 1.36. The molecule has 1 nitrogen and oxygen atoms in total. The third-order valence-corrected chi connectivity index (χ3v) is 4.14. The zero-order chi connectivity index (χ0) is 11.8. The second-order valence-electron chi connectivity index (χ2n) is 4.01. The van der Waals surface area contributed by atoms with Crippen molar-refractivity contribution in [1.82, 2.24) is 4.98 Å². The first-order valence-electron chi connectivity index (χ1n) is 5.39. The summed E-state index contributed by atoms with van der Waals surface area (Å²) >= 11 is 6.22. The lowest BCUT2D eigenvalue weighted by atomic mass is 10.1. The molecule has 0 radical (unpaired) electrons. The quantitative estimate of drug-likeness (QED) is 0.630. The summed E-state index contributed by atoms with van der Waals surface area (Å²) in [5.74, 6) is 0. The first kappa shape index (κ1) is 10.8. The van der Waals surface area contributed by atoms with Gasteiger partial charge in [0.1, 0.15) is 5.01 Å². The van der Waals surface area contributed by atoms with Crippen LogP contribution in [0.3, 0.4) is 0 Å². The molecule has 84 valence electrons. The van der Waals surface area contributed by atoms with Gasteiger partial charge in [0, 0.05) is 10.5 Å². The Morgan fingerprint density at radius 3 is 2.76 bits per heavy atom. The van der Waals surface area contributed by atoms with Gasteiger partial charge in [0.05, 0.1) is 10.2 Å². The second-order valence-corrected chi connectivity index (χ2v) is 5.52. The summed E-state index contributed by atoms with van der Waals surface area (Å²) in [7, 11) is 0. The van der Waals surface area contributed by atoms with Gasteiger partial charge in [-0.15, -0.1) is 24.0 Å². The van der Waals surface area contributed by atoms with Crippen LogP contribution in [-0.2, 0) is 0 Å². The van der Waals surface area contributed by atoms with E-state index in [-0.39, 0.29) is 0 Å². The third kappa shape index (κ3) is 1.96. The van der Waals surface area contributed by atoms with Gasteiger partial charge >= 0.3 is 0 Å². The van der Waals surface area contributed by atoms with Crippen molar-refractivity contribution in [3.05, 3.63) is 48.0 Å². The van der Waals surface area contributed by atoms with E-state index in [0.717, 1.165) is 21.0 Å². The van der Waals surface area contributed by atoms with Crippen molar-refractivity contribution in [2.24, 2.45) is 0 Å². The minimum atomic E-state index is 0.981. The summed E-state index contributed by atoms with van der Waals surface area (Å²) in [5.41, 5.74) is 3.41. The molecule has 0 spiro atoms. The maximum absolute atomic E-state index is 4.65. The normalized spacial score (nSPS) is 10.9. The van der Waals surface area contributed by atoms with E-state index in [2.05, 4.69) is 42.7 Å². The van der Waals surface area contributed by atoms with Crippen molar-refractivity contribution in [1.29, 1.82) is 0 Å². The van der Waals surface area contributed by atoms with Gasteiger partial charge in [0.2, 0.25) is 0 Å². The number of thiazole rings is 1. The molecule has 0 atom stereocenters. The number of benzene rings is 2. The fourth-order valence-corrected chi connectivity index (χ4v) is 3.13. The molecule has 0 bridgehead atoms. The molecule has 3 rings (SSSR count). The molecule has 0 unspecified atom stereocenters. The fourth-order valence-electron chi connectivity index (χ4n) is 1.81. The highest BCUT2D eigenvalue weighted by Crippen LogP contribution is 2.33. The van der Waals surface area contributed by atoms with Crippen LogP contribution in [0.1, 0.15) is 5.56 Å². The number of hydrogen-bond donors (Lipinski definition) is 1. The average molecular weight is 257 g/mol. The maximum atomic E-state index is 4.65. The number of rotatable bonds is 1. The van der Waals surface area contributed by atoms with Crippen LogP contribution in [0, 0.1) is 6.92 Å². The van der Waals surface area contributed by atoms with Gasteiger partial charge in [0.15, 0.2) is 0 Å². The summed E-state index contributed by atoms with van der Waals surface area (Å²) in [6.45, 7) is 2.09. The number of fused-ring (bicyclic) bond motifs is 1. The average Bonchev–Trinajstić information content (AvgIpc) is 2.75. The molecule has 0 aliphatic carbocycles.